The van der Waals surface area contributed by atoms with E-state index in [1.54, 1.807) is 0 Å². The van der Waals surface area contributed by atoms with Gasteiger partial charge < -0.3 is 9.80 Å². The minimum absolute atomic E-state index is 0.540. The summed E-state index contributed by atoms with van der Waals surface area (Å²) < 4.78 is 2.35. The van der Waals surface area contributed by atoms with Crippen molar-refractivity contribution >= 4 is 12.2 Å². The maximum Gasteiger partial charge on any atom is 0.238 e. The van der Waals surface area contributed by atoms with E-state index in [4.69, 9.17) is 12.2 Å². The van der Waals surface area contributed by atoms with Gasteiger partial charge in [0.25, 0.3) is 0 Å². The number of nitrogens with zero attached hydrogens (tertiary/aromatic N) is 5. The molecule has 6 nitrogen and oxygen atoms in total. The molecule has 1 aliphatic rings. The Labute approximate surface area is 100 Å². The van der Waals surface area contributed by atoms with Crippen molar-refractivity contribution in [2.45, 2.75) is 13.0 Å². The quantitative estimate of drug-likeness (QED) is 0.752. The monoisotopic (exact) mass is 242 g/mol. The average molecular weight is 242 g/mol. The van der Waals surface area contributed by atoms with Gasteiger partial charge >= 0.3 is 0 Å². The van der Waals surface area contributed by atoms with E-state index in [-0.39, 0.29) is 0 Å². The summed E-state index contributed by atoms with van der Waals surface area (Å²) in [5.74, 6) is 0. The zero-order valence-electron chi connectivity index (χ0n) is 9.59. The molecule has 1 fully saturated rings. The molecule has 0 atom stereocenters. The second-order valence-corrected chi connectivity index (χ2v) is 4.60. The van der Waals surface area contributed by atoms with Crippen LogP contribution in [-0.2, 0) is 6.54 Å². The van der Waals surface area contributed by atoms with Gasteiger partial charge in [-0.05, 0) is 25.7 Å². The topological polar surface area (TPSA) is 53.0 Å². The van der Waals surface area contributed by atoms with Gasteiger partial charge in [-0.2, -0.15) is 5.21 Å². The van der Waals surface area contributed by atoms with E-state index in [0.717, 1.165) is 19.5 Å². The van der Waals surface area contributed by atoms with E-state index in [1.165, 1.54) is 26.2 Å². The number of hydrogen-bond donors (Lipinski definition) is 1. The third-order valence-corrected chi connectivity index (χ3v) is 3.29. The molecule has 0 radical (unpaired) electrons. The van der Waals surface area contributed by atoms with Crippen LogP contribution in [0.5, 0.6) is 0 Å². The highest BCUT2D eigenvalue weighted by atomic mass is 32.1. The maximum absolute atomic E-state index is 5.01. The molecule has 0 aliphatic carbocycles. The van der Waals surface area contributed by atoms with Crippen molar-refractivity contribution in [3.05, 3.63) is 4.77 Å². The van der Waals surface area contributed by atoms with Gasteiger partial charge in [0.15, 0.2) is 0 Å². The molecule has 0 aromatic carbocycles. The molecule has 1 N–H and O–H groups in total. The van der Waals surface area contributed by atoms with Crippen LogP contribution in [0.4, 0.5) is 0 Å². The van der Waals surface area contributed by atoms with Crippen molar-refractivity contribution in [1.29, 1.82) is 0 Å². The fourth-order valence-corrected chi connectivity index (χ4v) is 2.06. The summed E-state index contributed by atoms with van der Waals surface area (Å²) in [5, 5.41) is 10.2. The number of aromatic amines is 1. The second-order valence-electron chi connectivity index (χ2n) is 4.23. The Balaban J connectivity index is 1.69. The van der Waals surface area contributed by atoms with Gasteiger partial charge in [0.2, 0.25) is 4.77 Å². The molecule has 7 heteroatoms. The maximum atomic E-state index is 5.01. The number of aromatic nitrogens is 4. The first kappa shape index (κ1) is 11.7. The van der Waals surface area contributed by atoms with Crippen molar-refractivity contribution in [3.8, 4) is 0 Å². The minimum Gasteiger partial charge on any atom is -0.304 e. The third kappa shape index (κ3) is 3.10. The Hall–Kier alpha value is -0.790. The number of hydrogen-bond acceptors (Lipinski definition) is 5. The molecule has 90 valence electrons. The summed E-state index contributed by atoms with van der Waals surface area (Å²) in [6.45, 7) is 6.68. The lowest BCUT2D eigenvalue weighted by Gasteiger charge is -2.32. The van der Waals surface area contributed by atoms with Crippen LogP contribution in [0.15, 0.2) is 0 Å². The van der Waals surface area contributed by atoms with Crippen LogP contribution in [0, 0.1) is 4.77 Å². The Bertz CT molecular complexity index is 364. The highest BCUT2D eigenvalue weighted by Crippen LogP contribution is 2.00. The van der Waals surface area contributed by atoms with Gasteiger partial charge in [-0.15, -0.1) is 0 Å². The smallest absolute Gasteiger partial charge is 0.238 e. The molecular weight excluding hydrogens is 224 g/mol. The number of rotatable bonds is 4. The third-order valence-electron chi connectivity index (χ3n) is 2.98. The minimum atomic E-state index is 0.540. The lowest BCUT2D eigenvalue weighted by atomic mass is 10.3. The summed E-state index contributed by atoms with van der Waals surface area (Å²) in [7, 11) is 2.17. The predicted molar refractivity (Wildman–Crippen MR) is 63.8 cm³/mol. The Morgan fingerprint density at radius 1 is 1.25 bits per heavy atom. The van der Waals surface area contributed by atoms with E-state index < -0.39 is 0 Å². The van der Waals surface area contributed by atoms with E-state index in [9.17, 15) is 0 Å². The van der Waals surface area contributed by atoms with Gasteiger partial charge in [0.1, 0.15) is 0 Å². The van der Waals surface area contributed by atoms with Crippen molar-refractivity contribution in [2.75, 3.05) is 39.8 Å². The van der Waals surface area contributed by atoms with Gasteiger partial charge in [-0.3, -0.25) is 0 Å². The first-order chi connectivity index (χ1) is 7.75. The van der Waals surface area contributed by atoms with Crippen LogP contribution >= 0.6 is 12.2 Å². The van der Waals surface area contributed by atoms with E-state index in [0.29, 0.717) is 4.77 Å². The normalized spacial score (nSPS) is 19.1. The fourth-order valence-electron chi connectivity index (χ4n) is 1.89. The predicted octanol–water partition coefficient (Wildman–Crippen LogP) is -0.0268. The SMILES string of the molecule is CN1CCN(CCCn2[nH]nnc2=S)CC1. The summed E-state index contributed by atoms with van der Waals surface area (Å²) >= 11 is 5.01. The molecule has 1 aromatic rings. The van der Waals surface area contributed by atoms with Crippen LogP contribution in [-0.4, -0.2) is 69.8 Å². The molecule has 1 saturated heterocycles. The molecule has 1 aliphatic heterocycles. The van der Waals surface area contributed by atoms with Gasteiger partial charge in [-0.25, -0.2) is 4.68 Å². The molecule has 0 saturated carbocycles. The van der Waals surface area contributed by atoms with Crippen molar-refractivity contribution < 1.29 is 0 Å². The second kappa shape index (κ2) is 5.51. The zero-order chi connectivity index (χ0) is 11.4. The van der Waals surface area contributed by atoms with Crippen molar-refractivity contribution in [1.82, 2.24) is 30.0 Å². The standard InChI is InChI=1S/C9H18N6S/c1-13-5-7-14(8-6-13)3-2-4-15-9(16)10-11-12-15/h2-8H2,1H3,(H,10,12,16). The number of tetrazole rings is 1. The Kier molecular flexibility index (Phi) is 4.03. The largest absolute Gasteiger partial charge is 0.304 e. The van der Waals surface area contributed by atoms with E-state index in [2.05, 4.69) is 32.4 Å². The lowest BCUT2D eigenvalue weighted by Crippen LogP contribution is -2.44. The molecular formula is C9H18N6S. The summed E-state index contributed by atoms with van der Waals surface area (Å²) in [5.41, 5.74) is 0. The number of aryl methyl sites for hydroxylation is 1. The molecule has 1 aromatic heterocycles. The van der Waals surface area contributed by atoms with Crippen molar-refractivity contribution in [2.24, 2.45) is 0 Å². The first-order valence-corrected chi connectivity index (χ1v) is 6.05. The van der Waals surface area contributed by atoms with E-state index in [1.807, 2.05) is 4.68 Å². The molecule has 16 heavy (non-hydrogen) atoms. The molecule has 2 heterocycles. The van der Waals surface area contributed by atoms with Gasteiger partial charge in [0.05, 0.1) is 0 Å². The Morgan fingerprint density at radius 3 is 2.62 bits per heavy atom. The highest BCUT2D eigenvalue weighted by molar-refractivity contribution is 7.71. The number of H-pyrrole nitrogens is 1. The molecule has 0 unspecified atom stereocenters. The first-order valence-electron chi connectivity index (χ1n) is 5.64. The lowest BCUT2D eigenvalue weighted by molar-refractivity contribution is 0.151. The zero-order valence-corrected chi connectivity index (χ0v) is 10.4. The molecule has 0 bridgehead atoms. The molecule has 0 amide bonds. The molecule has 0 spiro atoms. The van der Waals surface area contributed by atoms with Crippen LogP contribution in [0.25, 0.3) is 0 Å². The number of nitrogens with one attached hydrogen (secondary N) is 1. The van der Waals surface area contributed by atoms with Gasteiger partial charge in [0, 0.05) is 39.3 Å². The number of piperazine rings is 1. The van der Waals surface area contributed by atoms with Crippen LogP contribution < -0.4 is 0 Å². The van der Waals surface area contributed by atoms with Crippen LogP contribution in [0.1, 0.15) is 6.42 Å². The van der Waals surface area contributed by atoms with Crippen molar-refractivity contribution in [3.63, 3.8) is 0 Å². The molecule has 2 rings (SSSR count). The summed E-state index contributed by atoms with van der Waals surface area (Å²) in [6.07, 6.45) is 1.09. The van der Waals surface area contributed by atoms with Gasteiger partial charge in [-0.1, -0.05) is 10.3 Å². The summed E-state index contributed by atoms with van der Waals surface area (Å²) in [4.78, 5) is 4.86. The van der Waals surface area contributed by atoms with Crippen LogP contribution in [0.2, 0.25) is 0 Å². The fraction of sp³-hybridized carbons (Fsp3) is 0.889. The average Bonchev–Trinajstić information content (AvgIpc) is 2.68. The summed E-state index contributed by atoms with van der Waals surface area (Å²) in [6, 6.07) is 0. The van der Waals surface area contributed by atoms with Crippen LogP contribution in [0.3, 0.4) is 0 Å². The Morgan fingerprint density at radius 2 is 2.00 bits per heavy atom. The highest BCUT2D eigenvalue weighted by Gasteiger charge is 2.12. The number of likely N-dealkylation sites (N-methyl/N-ethyl adjacent to an activating group) is 1. The van der Waals surface area contributed by atoms with E-state index >= 15 is 0 Å².